The van der Waals surface area contributed by atoms with E-state index in [1.807, 2.05) is 17.9 Å². The number of hydrogen-bond acceptors (Lipinski definition) is 34. The van der Waals surface area contributed by atoms with Crippen LogP contribution >= 0.6 is 0 Å². The van der Waals surface area contributed by atoms with Crippen molar-refractivity contribution in [3.63, 3.8) is 0 Å². The zero-order valence-electron chi connectivity index (χ0n) is 86.1. The Hall–Kier alpha value is -2.23. The Balaban J connectivity index is 0.000000288. The summed E-state index contributed by atoms with van der Waals surface area (Å²) in [5.74, 6) is 5.52. The lowest BCUT2D eigenvalue weighted by Gasteiger charge is -2.57. The van der Waals surface area contributed by atoms with E-state index in [0.717, 1.165) is 156 Å². The Morgan fingerprint density at radius 3 is 1.32 bits per heavy atom. The van der Waals surface area contributed by atoms with Gasteiger partial charge in [-0.1, -0.05) is 78.1 Å². The molecule has 4 aliphatic heterocycles. The first-order valence-electron chi connectivity index (χ1n) is 52.2. The Bertz CT molecular complexity index is 4900. The third-order valence-electron chi connectivity index (χ3n) is 30.0. The van der Waals surface area contributed by atoms with Crippen molar-refractivity contribution in [1.82, 2.24) is 42.1 Å². The lowest BCUT2D eigenvalue weighted by atomic mass is 9.53. The SMILES string of the molecule is CC(C)CCNCC(O)CS(=O)(=O)O.CC(C)CCNCCC(C)S(=O)(=O)O.CCCC(CO)NCCC(C)S(=O)(=O)O.O=S(=O)(O)CC(O)CN1CCCCC1.O=S(=O)(O)CC(O)CNC12CC3CC(CC(C3)C1)C2.O=S(=O)(O)CC(O)CNC1C2CC3CC(C2)CC1C3.O=S(=O)(O)CC(O)CNC1CC2CCC1C2.O=S(=O)(O)CCCNC1CCCc2ccccc21.O=S(=O)([O-])CC(O)C[N+]12CCC(CC1)CC2. The summed E-state index contributed by atoms with van der Waals surface area (Å²) in [5, 5.41) is 86.9. The number of benzene rings is 1. The number of β-amino-alcohol motifs (C(OH)–C–C–N with tert-alkyl or cyclic N) is 2. The molecule has 0 amide bonds. The van der Waals surface area contributed by atoms with Crippen LogP contribution in [-0.2, 0) is 97.5 Å². The smallest absolute Gasteiger partial charge is 0.267 e. The van der Waals surface area contributed by atoms with Crippen LogP contribution in [0.5, 0.6) is 0 Å². The van der Waals surface area contributed by atoms with E-state index in [4.69, 9.17) is 46.6 Å². The van der Waals surface area contributed by atoms with Crippen molar-refractivity contribution >= 4 is 91.1 Å². The molecule has 22 N–H and O–H groups in total. The highest BCUT2D eigenvalue weighted by Crippen LogP contribution is 2.56. The largest absolute Gasteiger partial charge is 0.748 e. The van der Waals surface area contributed by atoms with Crippen LogP contribution in [0.1, 0.15) is 258 Å². The number of rotatable bonds is 50. The molecule has 4 heterocycles. The monoisotopic (exact) mass is 2260 g/mol. The van der Waals surface area contributed by atoms with E-state index in [1.54, 1.807) is 0 Å². The molecule has 15 aliphatic rings. The second-order valence-corrected chi connectivity index (χ2v) is 58.4. The maximum absolute atomic E-state index is 10.7. The average molecular weight is 2260 g/mol. The normalized spacial score (nSPS) is 28.1. The van der Waals surface area contributed by atoms with Gasteiger partial charge in [0.1, 0.15) is 41.4 Å². The average Bonchev–Trinajstić information content (AvgIpc) is 1.22. The number of aliphatic hydroxyl groups is 7. The molecule has 14 fully saturated rings. The quantitative estimate of drug-likeness (QED) is 0.0247. The fourth-order valence-corrected chi connectivity index (χ4v) is 28.4. The topological polar surface area (TPSA) is 721 Å². The number of fused-ring (bicyclic) bond motifs is 6. The summed E-state index contributed by atoms with van der Waals surface area (Å²) in [6.45, 7) is 23.4. The number of quaternary nitrogens is 1. The number of hydrogen-bond donors (Lipinski definition) is 22. The molecule has 0 spiro atoms. The molecular formula is C93H181N9O34S9. The fraction of sp³-hybridized carbons (Fsp3) is 0.935. The minimum absolute atomic E-state index is 0.0172. The van der Waals surface area contributed by atoms with Gasteiger partial charge in [0.25, 0.3) is 80.9 Å². The fourth-order valence-electron chi connectivity index (χ4n) is 23.4. The van der Waals surface area contributed by atoms with Gasteiger partial charge in [0.2, 0.25) is 0 Å². The molecule has 12 bridgehead atoms. The van der Waals surface area contributed by atoms with Gasteiger partial charge in [0.15, 0.2) is 0 Å². The summed E-state index contributed by atoms with van der Waals surface area (Å²) >= 11 is 0. The number of nitrogens with zero attached hydrogens (tertiary/aromatic N) is 2. The second-order valence-electron chi connectivity index (χ2n) is 44.2. The van der Waals surface area contributed by atoms with Crippen LogP contribution in [0.25, 0.3) is 0 Å². The maximum Gasteiger partial charge on any atom is 0.267 e. The molecule has 16 rings (SSSR count). The first kappa shape index (κ1) is 133. The van der Waals surface area contributed by atoms with E-state index in [-0.39, 0.29) is 50.1 Å². The lowest BCUT2D eigenvalue weighted by molar-refractivity contribution is -0.945. The molecule has 52 heteroatoms. The van der Waals surface area contributed by atoms with E-state index < -0.39 is 173 Å². The van der Waals surface area contributed by atoms with Gasteiger partial charge >= 0.3 is 0 Å². The predicted molar refractivity (Wildman–Crippen MR) is 556 cm³/mol. The van der Waals surface area contributed by atoms with Crippen LogP contribution in [0, 0.1) is 71.0 Å². The van der Waals surface area contributed by atoms with Crippen LogP contribution in [0.4, 0.5) is 0 Å². The van der Waals surface area contributed by atoms with Crippen LogP contribution < -0.4 is 37.2 Å². The summed E-state index contributed by atoms with van der Waals surface area (Å²) in [7, 11) is -36.3. The van der Waals surface area contributed by atoms with Gasteiger partial charge in [0.05, 0.1) is 88.9 Å². The number of nitrogens with one attached hydrogen (secondary N) is 7. The van der Waals surface area contributed by atoms with Crippen LogP contribution in [0.2, 0.25) is 0 Å². The zero-order valence-corrected chi connectivity index (χ0v) is 93.4. The van der Waals surface area contributed by atoms with E-state index >= 15 is 0 Å². The highest BCUT2D eigenvalue weighted by atomic mass is 32.3. The molecule has 13 unspecified atom stereocenters. The molecule has 10 saturated carbocycles. The van der Waals surface area contributed by atoms with Crippen molar-refractivity contribution in [2.45, 2.75) is 324 Å². The molecule has 856 valence electrons. The van der Waals surface area contributed by atoms with E-state index in [1.165, 1.54) is 141 Å². The number of likely N-dealkylation sites (tertiary alicyclic amines) is 1. The second kappa shape index (κ2) is 63.2. The van der Waals surface area contributed by atoms with Gasteiger partial charge < -0.3 is 86.9 Å². The Morgan fingerprint density at radius 1 is 0.428 bits per heavy atom. The van der Waals surface area contributed by atoms with Crippen LogP contribution in [0.3, 0.4) is 0 Å². The van der Waals surface area contributed by atoms with Crippen molar-refractivity contribution in [3.05, 3.63) is 35.4 Å². The summed E-state index contributed by atoms with van der Waals surface area (Å²) in [4.78, 5) is 2.03. The number of aryl methyl sites for hydroxylation is 1. The highest BCUT2D eigenvalue weighted by Gasteiger charge is 2.52. The lowest BCUT2D eigenvalue weighted by Crippen LogP contribution is -2.61. The van der Waals surface area contributed by atoms with Crippen molar-refractivity contribution in [1.29, 1.82) is 0 Å². The Labute approximate surface area is 866 Å². The van der Waals surface area contributed by atoms with Gasteiger partial charge in [-0.3, -0.25) is 36.4 Å². The molecule has 13 atom stereocenters. The van der Waals surface area contributed by atoms with Crippen molar-refractivity contribution in [3.8, 4) is 0 Å². The summed E-state index contributed by atoms with van der Waals surface area (Å²) < 4.78 is 271. The maximum atomic E-state index is 10.7. The number of piperidine rings is 4. The molecule has 11 aliphatic carbocycles. The molecule has 0 radical (unpaired) electrons. The molecule has 0 aromatic heterocycles. The molecule has 43 nitrogen and oxygen atoms in total. The van der Waals surface area contributed by atoms with E-state index in [9.17, 15) is 106 Å². The standard InChI is InChI=1S/2C13H23NO4S.C13H19NO3S.2C10H19NO4S.C9H21NO4S.C9H21NO3S.C8H17NO4S.C8H19NO4S/c15-12(8-19(16,17)18)7-14-13-4-9-1-10(5-13)3-11(2-9)6-13;15-12(7-19(16,17)18)6-14-13-10-2-8-1-9(4-10)5-11(13)3-8;15-18(16,17)10-4-9-14-13-8-3-6-11-5-1-2-7-12(11)13;12-10(8-16(13,14)15)7-11-4-1-9(2-5-11)3-6-11;12-9(6-16(13,14)15)5-11-10-4-7-1-2-8(10)3-7;1-3-4-9(7-11)10-6-5-8(2)15(12,13)14;1-8(2)4-6-10-7-5-9(3)14(11,12)13;10-8(7-14(11,12)13)6-9-4-2-1-3-5-9;1-7(2)3-4-9-5-8(10)6-14(11,12)13/h9-12,14-15H,1-8H2,(H,16,17,18);8-15H,1-7H2,(H,16,17,18);1-2,5,7,13-14H,3-4,6,8-10H2,(H,15,16,17);9-10,12H,1-8H2;7-12H,1-6H2,(H,13,14,15);8-11H,3-7H2,1-2H3,(H,12,13,14);8-10H,4-7H2,1-3H3,(H,11,12,13);8,10H,1-7H2,(H,11,12,13);7-10H,3-6H2,1-2H3,(H,11,12,13). The zero-order chi connectivity index (χ0) is 109. The van der Waals surface area contributed by atoms with Crippen molar-refractivity contribution in [2.75, 3.05) is 152 Å². The molecule has 145 heavy (non-hydrogen) atoms. The van der Waals surface area contributed by atoms with Gasteiger partial charge in [-0.05, 0) is 322 Å². The Morgan fingerprint density at radius 2 is 0.876 bits per heavy atom. The Kier molecular flexibility index (Phi) is 58.1. The minimum Gasteiger partial charge on any atom is -0.748 e. The van der Waals surface area contributed by atoms with Crippen molar-refractivity contribution < 1.29 is 157 Å². The summed E-state index contributed by atoms with van der Waals surface area (Å²) in [6.07, 6.45) is 28.4. The van der Waals surface area contributed by atoms with Gasteiger partial charge in [-0.15, -0.1) is 0 Å². The summed E-state index contributed by atoms with van der Waals surface area (Å²) in [5.41, 5.74) is 2.83. The highest BCUT2D eigenvalue weighted by molar-refractivity contribution is 7.87. The predicted octanol–water partition coefficient (Wildman–Crippen LogP) is 4.19. The van der Waals surface area contributed by atoms with Gasteiger partial charge in [-0.25, -0.2) is 8.42 Å². The van der Waals surface area contributed by atoms with Gasteiger partial charge in [-0.2, -0.15) is 67.3 Å². The van der Waals surface area contributed by atoms with Crippen LogP contribution in [0.15, 0.2) is 24.3 Å². The first-order valence-corrected chi connectivity index (χ1v) is 66.4. The molecule has 1 aromatic rings. The van der Waals surface area contributed by atoms with Crippen LogP contribution in [-0.4, -0.2) is 384 Å². The third kappa shape index (κ3) is 58.4. The van der Waals surface area contributed by atoms with Gasteiger partial charge in [0, 0.05) is 62.4 Å². The molecule has 1 aromatic carbocycles. The van der Waals surface area contributed by atoms with E-state index in [0.29, 0.717) is 99.7 Å². The van der Waals surface area contributed by atoms with Crippen molar-refractivity contribution in [2.24, 2.45) is 71.0 Å². The van der Waals surface area contributed by atoms with E-state index in [2.05, 4.69) is 83.1 Å². The summed E-state index contributed by atoms with van der Waals surface area (Å²) in [6, 6.07) is 9.57. The third-order valence-corrected chi connectivity index (χ3v) is 38.1. The first-order chi connectivity index (χ1) is 67.2. The molecular weight excluding hydrogens is 2080 g/mol. The number of aliphatic hydroxyl groups excluding tert-OH is 7. The minimum atomic E-state index is -4.31. The molecule has 4 saturated heterocycles.